The van der Waals surface area contributed by atoms with Gasteiger partial charge in [-0.25, -0.2) is 4.79 Å². The van der Waals surface area contributed by atoms with Crippen LogP contribution in [0, 0.1) is 17.3 Å². The number of carbonyl (C=O) groups excluding carboxylic acids is 1. The Balaban J connectivity index is 1.96. The molecule has 11 heteroatoms. The van der Waals surface area contributed by atoms with Gasteiger partial charge in [0.25, 0.3) is 0 Å². The van der Waals surface area contributed by atoms with Crippen molar-refractivity contribution in [2.75, 3.05) is 30.5 Å². The Kier molecular flexibility index (Phi) is 7.58. The summed E-state index contributed by atoms with van der Waals surface area (Å²) in [6.45, 7) is 4.49. The number of carbonyl (C=O) groups is 1. The highest BCUT2D eigenvalue weighted by Gasteiger charge is 2.27. The third kappa shape index (κ3) is 5.79. The summed E-state index contributed by atoms with van der Waals surface area (Å²) in [4.78, 5) is 22.1. The molecule has 3 N–H and O–H groups in total. The molecule has 1 aliphatic rings. The van der Waals surface area contributed by atoms with E-state index in [4.69, 9.17) is 19.9 Å². The van der Waals surface area contributed by atoms with Crippen molar-refractivity contribution in [3.8, 4) is 5.88 Å². The van der Waals surface area contributed by atoms with Crippen molar-refractivity contribution >= 4 is 23.3 Å². The zero-order valence-corrected chi connectivity index (χ0v) is 17.5. The van der Waals surface area contributed by atoms with Gasteiger partial charge in [-0.05, 0) is 38.3 Å². The number of ether oxygens (including phenoxy) is 3. The van der Waals surface area contributed by atoms with Gasteiger partial charge in [0.05, 0.1) is 19.3 Å². The summed E-state index contributed by atoms with van der Waals surface area (Å²) in [5, 5.41) is 22.1. The maximum absolute atomic E-state index is 12.7. The van der Waals surface area contributed by atoms with Crippen LogP contribution in [-0.2, 0) is 16.0 Å². The molecular formula is C20H26N5O6-. The molecule has 2 aromatic heterocycles. The highest BCUT2D eigenvalue weighted by Crippen LogP contribution is 2.33. The number of hydrogen-bond acceptors (Lipinski definition) is 9. The quantitative estimate of drug-likeness (QED) is 0.593. The molecule has 0 aliphatic carbocycles. The van der Waals surface area contributed by atoms with Gasteiger partial charge >= 0.3 is 6.09 Å². The van der Waals surface area contributed by atoms with Crippen LogP contribution in [-0.4, -0.2) is 42.0 Å². The highest BCUT2D eigenvalue weighted by atomic mass is 16.8. The van der Waals surface area contributed by atoms with Gasteiger partial charge in [-0.2, -0.15) is 4.98 Å². The highest BCUT2D eigenvalue weighted by molar-refractivity contribution is 5.92. The third-order valence-electron chi connectivity index (χ3n) is 4.74. The summed E-state index contributed by atoms with van der Waals surface area (Å²) in [5.74, 6) is -0.250. The number of nitrogens with zero attached hydrogens (tertiary/aromatic N) is 3. The fourth-order valence-corrected chi connectivity index (χ4v) is 3.20. The Bertz CT molecular complexity index is 886. The van der Waals surface area contributed by atoms with Crippen LogP contribution in [0.2, 0.25) is 0 Å². The minimum absolute atomic E-state index is 0.00101. The van der Waals surface area contributed by atoms with Crippen molar-refractivity contribution in [3.05, 3.63) is 46.1 Å². The molecule has 0 aromatic carbocycles. The van der Waals surface area contributed by atoms with Crippen molar-refractivity contribution < 1.29 is 24.2 Å². The van der Waals surface area contributed by atoms with Crippen LogP contribution in [0.25, 0.3) is 0 Å². The molecule has 0 unspecified atom stereocenters. The minimum Gasteiger partial charge on any atom is -0.627 e. The number of hydrogen-bond donors (Lipinski definition) is 2. The molecule has 3 rings (SSSR count). The number of aryl methyl sites for hydroxylation is 1. The van der Waals surface area contributed by atoms with E-state index >= 15 is 0 Å². The van der Waals surface area contributed by atoms with E-state index in [0.29, 0.717) is 12.2 Å². The van der Waals surface area contributed by atoms with E-state index in [1.54, 1.807) is 25.3 Å². The number of quaternary nitrogens is 1. The molecule has 1 amide bonds. The molecule has 0 bridgehead atoms. The lowest BCUT2D eigenvalue weighted by Gasteiger charge is -2.31. The van der Waals surface area contributed by atoms with Gasteiger partial charge in [0.1, 0.15) is 12.3 Å². The molecule has 11 nitrogen and oxygen atoms in total. The Hall–Kier alpha value is -2.99. The number of nitrogens with one attached hydrogen (secondary N) is 1. The fourth-order valence-electron chi connectivity index (χ4n) is 3.20. The molecule has 1 saturated heterocycles. The standard InChI is InChI=1S/C20H26N5O6/c1-3-29-20(26)24(11-14-7-6-13(2)22-10-14)16-9-17(23-19(21)18(16)25(27)28)31-12-15-5-4-8-30-15/h6-7,9-10,15,25H,3-5,8,11-12H2,1-2H3,(H2,21,23)/q-1/t15-/m1/s1. The normalized spacial score (nSPS) is 15.8. The number of nitrogens with two attached hydrogens (primary N) is 1. The monoisotopic (exact) mass is 432 g/mol. The maximum atomic E-state index is 12.7. The van der Waals surface area contributed by atoms with Crippen molar-refractivity contribution in [1.29, 1.82) is 0 Å². The lowest BCUT2D eigenvalue weighted by molar-refractivity contribution is -0.714. The van der Waals surface area contributed by atoms with Gasteiger partial charge in [0.15, 0.2) is 11.5 Å². The smallest absolute Gasteiger partial charge is 0.414 e. The van der Waals surface area contributed by atoms with Crippen LogP contribution in [0.15, 0.2) is 24.4 Å². The van der Waals surface area contributed by atoms with E-state index in [1.165, 1.54) is 6.07 Å². The lowest BCUT2D eigenvalue weighted by atomic mass is 10.2. The second-order valence-electron chi connectivity index (χ2n) is 7.07. The molecule has 3 heterocycles. The molecule has 0 saturated carbocycles. The number of pyridine rings is 2. The average molecular weight is 432 g/mol. The molecule has 1 aliphatic heterocycles. The third-order valence-corrected chi connectivity index (χ3v) is 4.74. The average Bonchev–Trinajstić information content (AvgIpc) is 3.25. The number of anilines is 2. The SMILES string of the molecule is CCOC(=O)N(Cc1ccc(C)nc1)c1cc(OC[C@H]2CCCO2)nc(N)c1[NH+]([O-])[O-]. The number of rotatable bonds is 8. The number of aromatic nitrogens is 2. The summed E-state index contributed by atoms with van der Waals surface area (Å²) in [6, 6.07) is 4.91. The fraction of sp³-hybridized carbons (Fsp3) is 0.450. The summed E-state index contributed by atoms with van der Waals surface area (Å²) in [6.07, 6.45) is 2.57. The van der Waals surface area contributed by atoms with E-state index in [1.807, 2.05) is 6.92 Å². The second kappa shape index (κ2) is 10.4. The molecular weight excluding hydrogens is 406 g/mol. The van der Waals surface area contributed by atoms with Crippen LogP contribution in [0.5, 0.6) is 5.88 Å². The summed E-state index contributed by atoms with van der Waals surface area (Å²) in [7, 11) is 0. The van der Waals surface area contributed by atoms with Crippen LogP contribution in [0.3, 0.4) is 0 Å². The Morgan fingerprint density at radius 2 is 2.23 bits per heavy atom. The zero-order valence-electron chi connectivity index (χ0n) is 17.5. The minimum atomic E-state index is -1.57. The van der Waals surface area contributed by atoms with Crippen molar-refractivity contribution in [3.63, 3.8) is 0 Å². The molecule has 0 spiro atoms. The molecule has 0 radical (unpaired) electrons. The van der Waals surface area contributed by atoms with Crippen LogP contribution >= 0.6 is 0 Å². The first kappa shape index (κ1) is 22.7. The van der Waals surface area contributed by atoms with E-state index in [0.717, 1.165) is 23.4 Å². The summed E-state index contributed by atoms with van der Waals surface area (Å²) < 4.78 is 16.3. The first-order chi connectivity index (χ1) is 14.9. The first-order valence-corrected chi connectivity index (χ1v) is 10.0. The van der Waals surface area contributed by atoms with Crippen molar-refractivity contribution in [2.24, 2.45) is 0 Å². The summed E-state index contributed by atoms with van der Waals surface area (Å²) >= 11 is 0. The Labute approximate surface area is 179 Å². The van der Waals surface area contributed by atoms with E-state index in [2.05, 4.69) is 9.97 Å². The van der Waals surface area contributed by atoms with Gasteiger partial charge in [-0.3, -0.25) is 9.88 Å². The van der Waals surface area contributed by atoms with Crippen molar-refractivity contribution in [2.45, 2.75) is 39.3 Å². The van der Waals surface area contributed by atoms with Crippen LogP contribution in [0.4, 0.5) is 22.0 Å². The molecule has 1 fully saturated rings. The molecule has 2 aromatic rings. The first-order valence-electron chi connectivity index (χ1n) is 10.0. The van der Waals surface area contributed by atoms with Crippen LogP contribution in [0.1, 0.15) is 31.0 Å². The molecule has 168 valence electrons. The largest absolute Gasteiger partial charge is 0.627 e. The maximum Gasteiger partial charge on any atom is 0.414 e. The van der Waals surface area contributed by atoms with E-state index in [-0.39, 0.29) is 43.2 Å². The zero-order chi connectivity index (χ0) is 22.4. The van der Waals surface area contributed by atoms with E-state index in [9.17, 15) is 15.2 Å². The van der Waals surface area contributed by atoms with Gasteiger partial charge in [-0.15, -0.1) is 0 Å². The summed E-state index contributed by atoms with van der Waals surface area (Å²) in [5.41, 5.74) is 6.92. The van der Waals surface area contributed by atoms with Crippen molar-refractivity contribution in [1.82, 2.24) is 9.97 Å². The van der Waals surface area contributed by atoms with E-state index < -0.39 is 17.0 Å². The number of nitrogen functional groups attached to an aromatic ring is 1. The lowest BCUT2D eigenvalue weighted by Crippen LogP contribution is -2.96. The predicted molar refractivity (Wildman–Crippen MR) is 113 cm³/mol. The topological polar surface area (TPSA) is 150 Å². The molecule has 31 heavy (non-hydrogen) atoms. The molecule has 1 atom stereocenters. The Morgan fingerprint density at radius 3 is 2.84 bits per heavy atom. The van der Waals surface area contributed by atoms with Gasteiger partial charge < -0.3 is 35.6 Å². The second-order valence-corrected chi connectivity index (χ2v) is 7.07. The Morgan fingerprint density at radius 1 is 1.42 bits per heavy atom. The number of amides is 1. The van der Waals surface area contributed by atoms with Gasteiger partial charge in [-0.1, -0.05) is 6.07 Å². The van der Waals surface area contributed by atoms with Gasteiger partial charge in [0, 0.05) is 24.6 Å². The van der Waals surface area contributed by atoms with Crippen LogP contribution < -0.4 is 20.6 Å². The van der Waals surface area contributed by atoms with Gasteiger partial charge in [0.2, 0.25) is 5.88 Å². The predicted octanol–water partition coefficient (Wildman–Crippen LogP) is 1.60.